The number of aliphatic hydroxyl groups is 3. The predicted octanol–water partition coefficient (Wildman–Crippen LogP) is -6.13. The van der Waals surface area contributed by atoms with Crippen LogP contribution in [-0.2, 0) is 75.7 Å². The molecule has 43 heteroatoms. The van der Waals surface area contributed by atoms with Gasteiger partial charge in [0.15, 0.2) is 41.4 Å². The fourth-order valence-corrected chi connectivity index (χ4v) is 12.9. The smallest absolute Gasteiger partial charge is 0.313 e. The summed E-state index contributed by atoms with van der Waals surface area (Å²) in [4.78, 5) is 106. The number of hydrogen-bond donors (Lipinski definition) is 8. The summed E-state index contributed by atoms with van der Waals surface area (Å²) in [5, 5.41) is 35.0. The Morgan fingerprint density at radius 1 is 0.727 bits per heavy atom. The number of ether oxygens (including phenoxy) is 5. The highest BCUT2D eigenvalue weighted by Crippen LogP contribution is 2.63. The summed E-state index contributed by atoms with van der Waals surface area (Å²) < 4.78 is 136. The van der Waals surface area contributed by atoms with Gasteiger partial charge in [-0.3, -0.25) is 51.5 Å². The van der Waals surface area contributed by atoms with Gasteiger partial charge in [-0.25, -0.2) is 33.1 Å². The molecular formula is C34H44N15O24P4-3. The minimum absolute atomic E-state index is 0.0153. The number of nitrogens with zero attached hydrogens (tertiary/aromatic N) is 10. The highest BCUT2D eigenvalue weighted by molar-refractivity contribution is 7.65. The number of nitrogens with two attached hydrogens (primary N) is 2. The van der Waals surface area contributed by atoms with E-state index in [-0.39, 0.29) is 51.2 Å². The second-order valence-corrected chi connectivity index (χ2v) is 22.6. The van der Waals surface area contributed by atoms with E-state index in [0.717, 1.165) is 42.3 Å². The Hall–Kier alpha value is -5.15. The number of aromatic nitrogens is 12. The van der Waals surface area contributed by atoms with Gasteiger partial charge in [0.05, 0.1) is 39.5 Å². The van der Waals surface area contributed by atoms with Crippen molar-refractivity contribution in [2.45, 2.75) is 73.6 Å². The largest absolute Gasteiger partial charge is 0.756 e. The molecule has 16 atom stereocenters. The van der Waals surface area contributed by atoms with Crippen molar-refractivity contribution in [2.24, 2.45) is 7.05 Å². The molecule has 9 rings (SSSR count). The second-order valence-electron chi connectivity index (χ2n) is 16.7. The van der Waals surface area contributed by atoms with Crippen LogP contribution in [0.5, 0.6) is 0 Å². The Morgan fingerprint density at radius 2 is 1.31 bits per heavy atom. The standard InChI is InChI=1S/C34H47N15O24P4/c1-37-24-15-25(39-8-38-24)47(9-40-15)32-23(64-4)22(71-74(55,56)65-5-12-18(50)19(51)30(68-12)48-10-41-16-26(48)42-33(35)44-28(16)53)14(70-32)7-67-76(59,60)73-77(61,62)72-75(57,58)66-6-13-21(63-3)20(52)31(69-13)49-11-46(2)17-27(49)43-34(36)45-29(17)54/h8-14,18-23,30-32,50-52H,5-7H2,1-4H3,(H10-,35,36,37,38,39,42,43,44,45,53,54,55,56,57,58,59,60,61,62)/p-3/t12-,13-,14-,18+,19?,20?,21+,22+,23?,30-,31-,32-/m1/s1/i1D3. The Bertz CT molecular complexity index is 3630. The average Bonchev–Trinajstić information content (AvgIpc) is 4.39. The summed E-state index contributed by atoms with van der Waals surface area (Å²) in [5.41, 5.74) is 8.99. The van der Waals surface area contributed by atoms with Crippen molar-refractivity contribution in [1.82, 2.24) is 53.6 Å². The number of aromatic amines is 2. The van der Waals surface area contributed by atoms with Crippen LogP contribution < -0.4 is 52.0 Å². The van der Waals surface area contributed by atoms with Gasteiger partial charge in [0.2, 0.25) is 17.7 Å². The van der Waals surface area contributed by atoms with Gasteiger partial charge < -0.3 is 93.5 Å². The minimum atomic E-state index is -6.61. The first-order valence-electron chi connectivity index (χ1n) is 23.2. The van der Waals surface area contributed by atoms with E-state index >= 15 is 0 Å². The third-order valence-corrected chi connectivity index (χ3v) is 17.0. The lowest BCUT2D eigenvalue weighted by molar-refractivity contribution is -0.745. The van der Waals surface area contributed by atoms with Crippen molar-refractivity contribution < 1.29 is 112 Å². The van der Waals surface area contributed by atoms with E-state index in [2.05, 4.69) is 58.3 Å². The van der Waals surface area contributed by atoms with Gasteiger partial charge >= 0.3 is 5.65 Å². The zero-order valence-corrected chi connectivity index (χ0v) is 42.8. The monoisotopic (exact) mass is 1170 g/mol. The van der Waals surface area contributed by atoms with Gasteiger partial charge in [-0.1, -0.05) is 4.98 Å². The Labute approximate surface area is 432 Å². The van der Waals surface area contributed by atoms with E-state index < -0.39 is 143 Å². The number of aliphatic hydroxyl groups excluding tert-OH is 3. The number of fused-ring (bicyclic) bond motifs is 3. The van der Waals surface area contributed by atoms with Crippen LogP contribution in [-0.4, -0.2) is 165 Å². The topological polar surface area (TPSA) is 549 Å². The molecule has 39 nitrogen and oxygen atoms in total. The molecule has 6 aromatic rings. The summed E-state index contributed by atoms with van der Waals surface area (Å²) in [7, 11) is -21.4. The van der Waals surface area contributed by atoms with Gasteiger partial charge in [0, 0.05) is 25.3 Å². The predicted molar refractivity (Wildman–Crippen MR) is 240 cm³/mol. The Kier molecular flexibility index (Phi) is 14.7. The maximum absolute atomic E-state index is 13.6. The maximum atomic E-state index is 13.6. The molecule has 10 N–H and O–H groups in total. The molecular weight excluding hydrogens is 1130 g/mol. The van der Waals surface area contributed by atoms with Gasteiger partial charge in [0.25, 0.3) is 48.4 Å². The first kappa shape index (κ1) is 52.5. The number of nitrogens with one attached hydrogen (secondary N) is 3. The first-order chi connectivity index (χ1) is 37.4. The normalized spacial score (nSPS) is 30.7. The van der Waals surface area contributed by atoms with Crippen molar-refractivity contribution in [1.29, 1.82) is 0 Å². The van der Waals surface area contributed by atoms with E-state index in [1.807, 2.05) is 0 Å². The third kappa shape index (κ3) is 11.4. The van der Waals surface area contributed by atoms with E-state index in [1.165, 1.54) is 22.5 Å². The number of imidazole rings is 3. The zero-order chi connectivity index (χ0) is 58.2. The van der Waals surface area contributed by atoms with Gasteiger partial charge in [-0.15, -0.1) is 0 Å². The zero-order valence-electron chi connectivity index (χ0n) is 42.2. The van der Waals surface area contributed by atoms with E-state index in [0.29, 0.717) is 0 Å². The van der Waals surface area contributed by atoms with Crippen LogP contribution in [0.4, 0.5) is 17.7 Å². The third-order valence-electron chi connectivity index (χ3n) is 11.9. The van der Waals surface area contributed by atoms with Gasteiger partial charge in [-0.2, -0.15) is 4.98 Å². The van der Waals surface area contributed by atoms with Crippen molar-refractivity contribution in [3.63, 3.8) is 0 Å². The van der Waals surface area contributed by atoms with Crippen LogP contribution in [0.15, 0.2) is 34.9 Å². The van der Waals surface area contributed by atoms with E-state index in [1.54, 1.807) is 0 Å². The Morgan fingerprint density at radius 3 is 1.97 bits per heavy atom. The molecule has 7 unspecified atom stereocenters. The number of nitrogen functional groups attached to an aromatic ring is 2. The highest BCUT2D eigenvalue weighted by Gasteiger charge is 2.52. The van der Waals surface area contributed by atoms with Gasteiger partial charge in [0.1, 0.15) is 66.8 Å². The van der Waals surface area contributed by atoms with E-state index in [4.69, 9.17) is 52.8 Å². The number of phosphoric acid groups is 4. The number of H-pyrrole nitrogens is 2. The minimum Gasteiger partial charge on any atom is -0.756 e. The molecule has 0 radical (unpaired) electrons. The van der Waals surface area contributed by atoms with Crippen molar-refractivity contribution in [3.05, 3.63) is 46.0 Å². The molecule has 3 aliphatic heterocycles. The van der Waals surface area contributed by atoms with Crippen LogP contribution in [0.1, 0.15) is 22.8 Å². The summed E-state index contributed by atoms with van der Waals surface area (Å²) in [6.07, 6.45) is -16.3. The van der Waals surface area contributed by atoms with Crippen molar-refractivity contribution in [2.75, 3.05) is 57.8 Å². The molecule has 0 aromatic carbocycles. The van der Waals surface area contributed by atoms with E-state index in [9.17, 15) is 62.7 Å². The molecule has 0 amide bonds. The molecule has 0 saturated carbocycles. The second kappa shape index (κ2) is 21.5. The Balaban J connectivity index is 0.888. The number of methoxy groups -OCH3 is 2. The van der Waals surface area contributed by atoms with Gasteiger partial charge in [-0.05, 0) is 0 Å². The lowest BCUT2D eigenvalue weighted by Crippen LogP contribution is -2.46. The molecule has 3 fully saturated rings. The van der Waals surface area contributed by atoms with Crippen molar-refractivity contribution in [3.8, 4) is 0 Å². The molecule has 3 aliphatic rings. The van der Waals surface area contributed by atoms with Crippen LogP contribution in [0.2, 0.25) is 0 Å². The number of rotatable bonds is 21. The SMILES string of the molecule is [2H]C([2H])([2H])Nc1ncnc2c1ncn2[C@@H]1O[C@H](COP(=O)([O-])OP(=O)([O-])OP(=O)([O-])OC[C@H]2O[C@@H]([n+]3cn(C)c4c(=O)[nH]c(N)nc43)C(O)[C@H]2OC)[C@H](OP(=O)([O-])OC[C@H]2O[C@@H](n3cnc4c(=O)[nH]c(N)nc43)C(O)[C@H]2O)C1OC. The van der Waals surface area contributed by atoms with Crippen LogP contribution in [0.3, 0.4) is 0 Å². The fraction of sp³-hybridized carbons (Fsp3) is 0.559. The fourth-order valence-electron chi connectivity index (χ4n) is 8.61. The van der Waals surface area contributed by atoms with Crippen LogP contribution >= 0.6 is 31.3 Å². The number of phosphoric ester groups is 3. The number of aryl methyl sites for hydroxylation is 1. The summed E-state index contributed by atoms with van der Waals surface area (Å²) in [5.74, 6) is -0.970. The molecule has 77 heavy (non-hydrogen) atoms. The lowest BCUT2D eigenvalue weighted by Gasteiger charge is -2.35. The lowest BCUT2D eigenvalue weighted by atomic mass is 10.1. The first-order valence-corrected chi connectivity index (χ1v) is 27.5. The average molecular weight is 1170 g/mol. The molecule has 6 aromatic heterocycles. The van der Waals surface area contributed by atoms with Crippen LogP contribution in [0.25, 0.3) is 33.5 Å². The molecule has 0 bridgehead atoms. The summed E-state index contributed by atoms with van der Waals surface area (Å²) in [6, 6.07) is 0. The molecule has 0 spiro atoms. The highest BCUT2D eigenvalue weighted by atomic mass is 31.3. The molecule has 0 aliphatic carbocycles. The summed E-state index contributed by atoms with van der Waals surface area (Å²) >= 11 is 0. The number of hydrogen-bond acceptors (Lipinski definition) is 33. The number of anilines is 3. The maximum Gasteiger partial charge on any atom is 0.313 e. The van der Waals surface area contributed by atoms with Crippen molar-refractivity contribution >= 4 is 82.5 Å². The quantitative estimate of drug-likeness (QED) is 0.0246. The molecule has 9 heterocycles. The van der Waals surface area contributed by atoms with Crippen LogP contribution in [0, 0.1) is 0 Å². The summed E-state index contributed by atoms with van der Waals surface area (Å²) in [6.45, 7) is -6.50. The molecule has 3 saturated heterocycles. The molecule has 422 valence electrons.